The molecular formula is C13H18FNO2. The van der Waals surface area contributed by atoms with Crippen LogP contribution < -0.4 is 0 Å². The third-order valence-corrected chi connectivity index (χ3v) is 3.29. The molecule has 0 aromatic heterocycles. The first-order chi connectivity index (χ1) is 8.18. The van der Waals surface area contributed by atoms with Gasteiger partial charge in [-0.05, 0) is 24.6 Å². The van der Waals surface area contributed by atoms with E-state index in [0.29, 0.717) is 13.2 Å². The normalized spacial score (nSPS) is 21.1. The van der Waals surface area contributed by atoms with E-state index in [4.69, 9.17) is 4.74 Å². The molecule has 1 aliphatic rings. The molecule has 0 spiro atoms. The second kappa shape index (κ2) is 5.58. The molecule has 1 aromatic rings. The number of benzene rings is 1. The van der Waals surface area contributed by atoms with Crippen LogP contribution in [0.5, 0.6) is 0 Å². The van der Waals surface area contributed by atoms with E-state index in [2.05, 4.69) is 4.90 Å². The summed E-state index contributed by atoms with van der Waals surface area (Å²) in [6.45, 7) is 5.07. The molecular weight excluding hydrogens is 221 g/mol. The minimum Gasteiger partial charge on any atom is -0.387 e. The van der Waals surface area contributed by atoms with Gasteiger partial charge in [0.15, 0.2) is 0 Å². The molecule has 1 aromatic carbocycles. The zero-order chi connectivity index (χ0) is 12.3. The number of hydrogen-bond acceptors (Lipinski definition) is 3. The highest BCUT2D eigenvalue weighted by atomic mass is 19.1. The van der Waals surface area contributed by atoms with Crippen molar-refractivity contribution in [3.63, 3.8) is 0 Å². The molecule has 0 radical (unpaired) electrons. The van der Waals surface area contributed by atoms with Crippen molar-refractivity contribution in [3.05, 3.63) is 35.6 Å². The van der Waals surface area contributed by atoms with Crippen LogP contribution in [-0.4, -0.2) is 42.4 Å². The SMILES string of the molecule is C[C@H]([C@H](O)c1ccc(F)cc1)N1CCOCC1. The summed E-state index contributed by atoms with van der Waals surface area (Å²) in [4.78, 5) is 2.19. The monoisotopic (exact) mass is 239 g/mol. The molecule has 0 unspecified atom stereocenters. The molecule has 4 heteroatoms. The topological polar surface area (TPSA) is 32.7 Å². The van der Waals surface area contributed by atoms with E-state index in [0.717, 1.165) is 18.7 Å². The molecule has 1 N–H and O–H groups in total. The Morgan fingerprint density at radius 2 is 1.82 bits per heavy atom. The van der Waals surface area contributed by atoms with Crippen LogP contribution in [0.2, 0.25) is 0 Å². The summed E-state index contributed by atoms with van der Waals surface area (Å²) in [5.74, 6) is -0.278. The summed E-state index contributed by atoms with van der Waals surface area (Å²) in [5, 5.41) is 10.2. The number of nitrogens with zero attached hydrogens (tertiary/aromatic N) is 1. The van der Waals surface area contributed by atoms with Gasteiger partial charge in [0, 0.05) is 19.1 Å². The molecule has 94 valence electrons. The molecule has 1 fully saturated rings. The summed E-state index contributed by atoms with van der Waals surface area (Å²) in [7, 11) is 0. The highest BCUT2D eigenvalue weighted by Crippen LogP contribution is 2.21. The molecule has 0 aliphatic carbocycles. The number of halogens is 1. The van der Waals surface area contributed by atoms with E-state index < -0.39 is 6.10 Å². The standard InChI is InChI=1S/C13H18FNO2/c1-10(15-6-8-17-9-7-15)13(16)11-2-4-12(14)5-3-11/h2-5,10,13,16H,6-9H2,1H3/t10-,13+/m1/s1. The van der Waals surface area contributed by atoms with Crippen LogP contribution in [0.3, 0.4) is 0 Å². The van der Waals surface area contributed by atoms with Gasteiger partial charge in [-0.3, -0.25) is 4.90 Å². The molecule has 1 saturated heterocycles. The Bertz CT molecular complexity index is 349. The average Bonchev–Trinajstić information content (AvgIpc) is 2.39. The van der Waals surface area contributed by atoms with Gasteiger partial charge in [0.2, 0.25) is 0 Å². The predicted octanol–water partition coefficient (Wildman–Crippen LogP) is 1.58. The molecule has 2 rings (SSSR count). The summed E-state index contributed by atoms with van der Waals surface area (Å²) in [6, 6.07) is 6.05. The maximum absolute atomic E-state index is 12.8. The van der Waals surface area contributed by atoms with E-state index in [1.165, 1.54) is 12.1 Å². The zero-order valence-electron chi connectivity index (χ0n) is 9.97. The minimum absolute atomic E-state index is 0.0179. The van der Waals surface area contributed by atoms with Gasteiger partial charge in [0.1, 0.15) is 5.82 Å². The Balaban J connectivity index is 2.02. The van der Waals surface area contributed by atoms with Gasteiger partial charge in [0.25, 0.3) is 0 Å². The van der Waals surface area contributed by atoms with Crippen LogP contribution in [0.15, 0.2) is 24.3 Å². The number of rotatable bonds is 3. The van der Waals surface area contributed by atoms with Gasteiger partial charge in [-0.2, -0.15) is 0 Å². The van der Waals surface area contributed by atoms with E-state index in [1.807, 2.05) is 6.92 Å². The highest BCUT2D eigenvalue weighted by molar-refractivity contribution is 5.19. The van der Waals surface area contributed by atoms with E-state index in [9.17, 15) is 9.50 Å². The third kappa shape index (κ3) is 3.03. The van der Waals surface area contributed by atoms with E-state index in [1.54, 1.807) is 12.1 Å². The number of aliphatic hydroxyl groups is 1. The molecule has 2 atom stereocenters. The van der Waals surface area contributed by atoms with Crippen molar-refractivity contribution >= 4 is 0 Å². The van der Waals surface area contributed by atoms with Crippen LogP contribution in [0.1, 0.15) is 18.6 Å². The predicted molar refractivity (Wildman–Crippen MR) is 63.2 cm³/mol. The van der Waals surface area contributed by atoms with Gasteiger partial charge in [-0.15, -0.1) is 0 Å². The Morgan fingerprint density at radius 1 is 1.24 bits per heavy atom. The molecule has 1 heterocycles. The first-order valence-electron chi connectivity index (χ1n) is 5.94. The molecule has 0 amide bonds. The first kappa shape index (κ1) is 12.5. The number of aliphatic hydroxyl groups excluding tert-OH is 1. The lowest BCUT2D eigenvalue weighted by Crippen LogP contribution is -2.44. The lowest BCUT2D eigenvalue weighted by molar-refractivity contribution is -0.0166. The van der Waals surface area contributed by atoms with Crippen LogP contribution in [0.4, 0.5) is 4.39 Å². The number of ether oxygens (including phenoxy) is 1. The Morgan fingerprint density at radius 3 is 2.41 bits per heavy atom. The van der Waals surface area contributed by atoms with Crippen molar-refractivity contribution < 1.29 is 14.2 Å². The van der Waals surface area contributed by atoms with Gasteiger partial charge in [0.05, 0.1) is 19.3 Å². The molecule has 3 nitrogen and oxygen atoms in total. The molecule has 0 saturated carbocycles. The Hall–Kier alpha value is -0.970. The molecule has 1 aliphatic heterocycles. The molecule has 17 heavy (non-hydrogen) atoms. The Labute approximate surface area is 101 Å². The van der Waals surface area contributed by atoms with Crippen LogP contribution >= 0.6 is 0 Å². The smallest absolute Gasteiger partial charge is 0.123 e. The average molecular weight is 239 g/mol. The first-order valence-corrected chi connectivity index (χ1v) is 5.94. The fourth-order valence-electron chi connectivity index (χ4n) is 2.12. The Kier molecular flexibility index (Phi) is 4.10. The van der Waals surface area contributed by atoms with E-state index >= 15 is 0 Å². The number of morpholine rings is 1. The van der Waals surface area contributed by atoms with Crippen LogP contribution in [0.25, 0.3) is 0 Å². The lowest BCUT2D eigenvalue weighted by Gasteiger charge is -2.35. The van der Waals surface area contributed by atoms with Gasteiger partial charge < -0.3 is 9.84 Å². The second-order valence-electron chi connectivity index (χ2n) is 4.39. The fraction of sp³-hybridized carbons (Fsp3) is 0.538. The van der Waals surface area contributed by atoms with Gasteiger partial charge >= 0.3 is 0 Å². The lowest BCUT2D eigenvalue weighted by atomic mass is 10.0. The summed E-state index contributed by atoms with van der Waals surface area (Å²) in [6.07, 6.45) is -0.589. The highest BCUT2D eigenvalue weighted by Gasteiger charge is 2.24. The maximum atomic E-state index is 12.8. The van der Waals surface area contributed by atoms with Crippen molar-refractivity contribution in [2.75, 3.05) is 26.3 Å². The van der Waals surface area contributed by atoms with Gasteiger partial charge in [-0.1, -0.05) is 12.1 Å². The fourth-order valence-corrected chi connectivity index (χ4v) is 2.12. The van der Waals surface area contributed by atoms with Crippen molar-refractivity contribution in [3.8, 4) is 0 Å². The third-order valence-electron chi connectivity index (χ3n) is 3.29. The quantitative estimate of drug-likeness (QED) is 0.869. The van der Waals surface area contributed by atoms with E-state index in [-0.39, 0.29) is 11.9 Å². The number of hydrogen-bond donors (Lipinski definition) is 1. The van der Waals surface area contributed by atoms with Gasteiger partial charge in [-0.25, -0.2) is 4.39 Å². The maximum Gasteiger partial charge on any atom is 0.123 e. The largest absolute Gasteiger partial charge is 0.387 e. The van der Waals surface area contributed by atoms with Crippen molar-refractivity contribution in [1.82, 2.24) is 4.90 Å². The van der Waals surface area contributed by atoms with Crippen LogP contribution in [0, 0.1) is 5.82 Å². The molecule has 0 bridgehead atoms. The van der Waals surface area contributed by atoms with Crippen molar-refractivity contribution in [2.45, 2.75) is 19.1 Å². The summed E-state index contributed by atoms with van der Waals surface area (Å²) in [5.41, 5.74) is 0.755. The summed E-state index contributed by atoms with van der Waals surface area (Å²) < 4.78 is 18.1. The summed E-state index contributed by atoms with van der Waals surface area (Å²) >= 11 is 0. The van der Waals surface area contributed by atoms with Crippen molar-refractivity contribution in [1.29, 1.82) is 0 Å². The van der Waals surface area contributed by atoms with Crippen molar-refractivity contribution in [2.24, 2.45) is 0 Å². The van der Waals surface area contributed by atoms with Crippen LogP contribution in [-0.2, 0) is 4.74 Å². The zero-order valence-corrected chi connectivity index (χ0v) is 9.97. The second-order valence-corrected chi connectivity index (χ2v) is 4.39. The minimum atomic E-state index is -0.589.